The summed E-state index contributed by atoms with van der Waals surface area (Å²) in [4.78, 5) is 10.6. The minimum Gasteiger partial charge on any atom is -0.469 e. The van der Waals surface area contributed by atoms with Crippen LogP contribution in [0, 0.1) is 12.3 Å². The van der Waals surface area contributed by atoms with Crippen molar-refractivity contribution in [2.75, 3.05) is 7.11 Å². The van der Waals surface area contributed by atoms with Gasteiger partial charge in [-0.1, -0.05) is 18.8 Å². The van der Waals surface area contributed by atoms with Crippen LogP contribution in [-0.4, -0.2) is 13.1 Å². The maximum Gasteiger partial charge on any atom is 0.305 e. The first-order valence-electron chi connectivity index (χ1n) is 4.27. The van der Waals surface area contributed by atoms with Crippen LogP contribution in [0.1, 0.15) is 38.5 Å². The Hall–Kier alpha value is -0.970. The summed E-state index contributed by atoms with van der Waals surface area (Å²) in [5, 5.41) is 0. The molecular weight excluding hydrogens is 152 g/mol. The monoisotopic (exact) mass is 167 g/mol. The SMILES string of the molecule is [C]#CCCCCCCC(=O)OC. The Balaban J connectivity index is 3.01. The molecule has 0 aliphatic rings. The molecule has 0 spiro atoms. The minimum absolute atomic E-state index is 0.131. The zero-order valence-electron chi connectivity index (χ0n) is 7.56. The number of hydrogen-bond acceptors (Lipinski definition) is 2. The van der Waals surface area contributed by atoms with Gasteiger partial charge in [0.15, 0.2) is 0 Å². The van der Waals surface area contributed by atoms with Crippen molar-refractivity contribution in [3.8, 4) is 5.92 Å². The number of unbranched alkanes of at least 4 members (excludes halogenated alkanes) is 4. The molecule has 0 aromatic carbocycles. The van der Waals surface area contributed by atoms with Gasteiger partial charge < -0.3 is 4.74 Å². The molecule has 12 heavy (non-hydrogen) atoms. The van der Waals surface area contributed by atoms with E-state index in [-0.39, 0.29) is 5.97 Å². The lowest BCUT2D eigenvalue weighted by atomic mass is 10.1. The highest BCUT2D eigenvalue weighted by atomic mass is 16.5. The molecule has 0 N–H and O–H groups in total. The van der Waals surface area contributed by atoms with Gasteiger partial charge in [-0.25, -0.2) is 0 Å². The fourth-order valence-corrected chi connectivity index (χ4v) is 0.938. The molecule has 0 atom stereocenters. The Morgan fingerprint density at radius 2 is 2.00 bits per heavy atom. The summed E-state index contributed by atoms with van der Waals surface area (Å²) in [7, 11) is 1.41. The highest BCUT2D eigenvalue weighted by molar-refractivity contribution is 5.68. The average Bonchev–Trinajstić information content (AvgIpc) is 2.10. The molecule has 0 aromatic heterocycles. The molecule has 0 aliphatic heterocycles. The molecule has 0 aromatic rings. The van der Waals surface area contributed by atoms with E-state index in [2.05, 4.69) is 10.7 Å². The first-order chi connectivity index (χ1) is 5.81. The van der Waals surface area contributed by atoms with E-state index >= 15 is 0 Å². The molecule has 0 rings (SSSR count). The normalized spacial score (nSPS) is 9.00. The average molecular weight is 167 g/mol. The smallest absolute Gasteiger partial charge is 0.305 e. The van der Waals surface area contributed by atoms with E-state index in [1.807, 2.05) is 0 Å². The second-order valence-electron chi connectivity index (χ2n) is 2.67. The van der Waals surface area contributed by atoms with E-state index in [4.69, 9.17) is 6.42 Å². The highest BCUT2D eigenvalue weighted by Gasteiger charge is 1.98. The number of esters is 1. The van der Waals surface area contributed by atoms with Gasteiger partial charge in [-0.3, -0.25) is 4.79 Å². The third-order valence-corrected chi connectivity index (χ3v) is 1.66. The molecular formula is C10H15O2. The number of rotatable bonds is 6. The summed E-state index contributed by atoms with van der Waals surface area (Å²) >= 11 is 0. The van der Waals surface area contributed by atoms with Crippen molar-refractivity contribution in [2.24, 2.45) is 0 Å². The zero-order chi connectivity index (χ0) is 9.23. The molecule has 0 amide bonds. The fraction of sp³-hybridized carbons (Fsp3) is 0.700. The summed E-state index contributed by atoms with van der Waals surface area (Å²) < 4.78 is 4.50. The second kappa shape index (κ2) is 8.13. The van der Waals surface area contributed by atoms with E-state index in [0.717, 1.165) is 32.1 Å². The maximum atomic E-state index is 10.6. The van der Waals surface area contributed by atoms with E-state index in [1.165, 1.54) is 7.11 Å². The number of carbonyl (C=O) groups excluding carboxylic acids is 1. The van der Waals surface area contributed by atoms with Gasteiger partial charge in [-0.2, -0.15) is 0 Å². The van der Waals surface area contributed by atoms with Gasteiger partial charge in [-0.15, -0.1) is 0 Å². The first kappa shape index (κ1) is 11.0. The van der Waals surface area contributed by atoms with Gasteiger partial charge >= 0.3 is 5.97 Å². The van der Waals surface area contributed by atoms with Crippen LogP contribution in [0.4, 0.5) is 0 Å². The predicted molar refractivity (Wildman–Crippen MR) is 46.8 cm³/mol. The van der Waals surface area contributed by atoms with Crippen molar-refractivity contribution in [2.45, 2.75) is 38.5 Å². The Morgan fingerprint density at radius 1 is 1.33 bits per heavy atom. The molecule has 2 heteroatoms. The summed E-state index contributed by atoms with van der Waals surface area (Å²) in [6, 6.07) is 0. The van der Waals surface area contributed by atoms with Crippen molar-refractivity contribution in [1.82, 2.24) is 0 Å². The van der Waals surface area contributed by atoms with E-state index < -0.39 is 0 Å². The van der Waals surface area contributed by atoms with Crippen LogP contribution < -0.4 is 0 Å². The fourth-order valence-electron chi connectivity index (χ4n) is 0.938. The van der Waals surface area contributed by atoms with Crippen LogP contribution in [0.2, 0.25) is 0 Å². The third-order valence-electron chi connectivity index (χ3n) is 1.66. The van der Waals surface area contributed by atoms with E-state index in [0.29, 0.717) is 6.42 Å². The summed E-state index contributed by atoms with van der Waals surface area (Å²) in [5.74, 6) is 2.21. The van der Waals surface area contributed by atoms with E-state index in [1.54, 1.807) is 0 Å². The lowest BCUT2D eigenvalue weighted by Crippen LogP contribution is -1.98. The Morgan fingerprint density at radius 3 is 2.58 bits per heavy atom. The largest absolute Gasteiger partial charge is 0.469 e. The van der Waals surface area contributed by atoms with Crippen LogP contribution in [0.25, 0.3) is 0 Å². The summed E-state index contributed by atoms with van der Waals surface area (Å²) in [6.45, 7) is 0. The summed E-state index contributed by atoms with van der Waals surface area (Å²) in [6.07, 6.45) is 11.9. The molecule has 2 nitrogen and oxygen atoms in total. The molecule has 67 valence electrons. The zero-order valence-corrected chi connectivity index (χ0v) is 7.56. The topological polar surface area (TPSA) is 26.3 Å². The van der Waals surface area contributed by atoms with Crippen molar-refractivity contribution in [1.29, 1.82) is 0 Å². The molecule has 0 saturated carbocycles. The lowest BCUT2D eigenvalue weighted by Gasteiger charge is -1.98. The van der Waals surface area contributed by atoms with Gasteiger partial charge in [0.25, 0.3) is 0 Å². The van der Waals surface area contributed by atoms with Gasteiger partial charge in [0.05, 0.1) is 7.11 Å². The van der Waals surface area contributed by atoms with Gasteiger partial charge in [-0.05, 0) is 19.3 Å². The molecule has 0 unspecified atom stereocenters. The summed E-state index contributed by atoms with van der Waals surface area (Å²) in [5.41, 5.74) is 0. The Kier molecular flexibility index (Phi) is 7.47. The number of ether oxygens (including phenoxy) is 1. The highest BCUT2D eigenvalue weighted by Crippen LogP contribution is 2.05. The van der Waals surface area contributed by atoms with E-state index in [9.17, 15) is 4.79 Å². The Bertz CT molecular complexity index is 156. The molecule has 1 radical (unpaired) electrons. The second-order valence-corrected chi connectivity index (χ2v) is 2.67. The molecule has 0 bridgehead atoms. The van der Waals surface area contributed by atoms with Crippen molar-refractivity contribution >= 4 is 5.97 Å². The van der Waals surface area contributed by atoms with Crippen LogP contribution in [0.3, 0.4) is 0 Å². The number of hydrogen-bond donors (Lipinski definition) is 0. The maximum absolute atomic E-state index is 10.6. The van der Waals surface area contributed by atoms with Crippen LogP contribution >= 0.6 is 0 Å². The standard InChI is InChI=1S/C10H15O2/c1-3-4-5-6-7-8-9-10(11)12-2/h4-9H2,2H3. The van der Waals surface area contributed by atoms with Gasteiger partial charge in [0.2, 0.25) is 0 Å². The lowest BCUT2D eigenvalue weighted by molar-refractivity contribution is -0.140. The molecule has 0 fully saturated rings. The van der Waals surface area contributed by atoms with Crippen molar-refractivity contribution < 1.29 is 9.53 Å². The Labute approximate surface area is 74.3 Å². The van der Waals surface area contributed by atoms with Crippen molar-refractivity contribution in [3.05, 3.63) is 6.42 Å². The molecule has 0 aliphatic carbocycles. The van der Waals surface area contributed by atoms with Crippen LogP contribution in [0.15, 0.2) is 0 Å². The van der Waals surface area contributed by atoms with Gasteiger partial charge in [0, 0.05) is 12.8 Å². The quantitative estimate of drug-likeness (QED) is 0.344. The number of methoxy groups -OCH3 is 1. The minimum atomic E-state index is -0.131. The van der Waals surface area contributed by atoms with Gasteiger partial charge in [0.1, 0.15) is 0 Å². The first-order valence-corrected chi connectivity index (χ1v) is 4.27. The third kappa shape index (κ3) is 7.14. The van der Waals surface area contributed by atoms with Crippen LogP contribution in [-0.2, 0) is 9.53 Å². The van der Waals surface area contributed by atoms with Crippen LogP contribution in [0.5, 0.6) is 0 Å². The predicted octanol–water partition coefficient (Wildman–Crippen LogP) is 2.09. The number of carbonyl (C=O) groups is 1. The van der Waals surface area contributed by atoms with Crippen molar-refractivity contribution in [3.63, 3.8) is 0 Å². The molecule has 0 saturated heterocycles. The molecule has 0 heterocycles.